The largest absolute Gasteiger partial charge is 0.351 e. The molecule has 0 aliphatic carbocycles. The molecule has 0 aromatic heterocycles. The Labute approximate surface area is 171 Å². The van der Waals surface area contributed by atoms with Gasteiger partial charge in [-0.2, -0.15) is 0 Å². The maximum Gasteiger partial charge on any atom is 0.258 e. The summed E-state index contributed by atoms with van der Waals surface area (Å²) in [5, 5.41) is 2.80. The van der Waals surface area contributed by atoms with Crippen molar-refractivity contribution in [1.29, 1.82) is 0 Å². The number of nitrogens with one attached hydrogen (secondary N) is 1. The molecule has 0 unspecified atom stereocenters. The highest BCUT2D eigenvalue weighted by Gasteiger charge is 2.40. The second kappa shape index (κ2) is 7.79. The summed E-state index contributed by atoms with van der Waals surface area (Å²) in [4.78, 5) is 35.8. The van der Waals surface area contributed by atoms with Gasteiger partial charge in [0.2, 0.25) is 5.91 Å². The summed E-state index contributed by atoms with van der Waals surface area (Å²) < 4.78 is 13.0. The fourth-order valence-corrected chi connectivity index (χ4v) is 4.04. The lowest BCUT2D eigenvalue weighted by Crippen LogP contribution is -2.42. The molecule has 2 amide bonds. The van der Waals surface area contributed by atoms with Crippen LogP contribution in [-0.2, 0) is 16.1 Å². The van der Waals surface area contributed by atoms with Crippen molar-refractivity contribution in [3.8, 4) is 0 Å². The average Bonchev–Trinajstić information content (AvgIpc) is 3.02. The summed E-state index contributed by atoms with van der Waals surface area (Å²) in [7, 11) is 0. The number of hydrogen-bond donors (Lipinski definition) is 1. The Balaban J connectivity index is 1.49. The van der Waals surface area contributed by atoms with E-state index in [0.29, 0.717) is 17.5 Å². The normalized spacial score (nSPS) is 18.5. The number of amides is 2. The summed E-state index contributed by atoms with van der Waals surface area (Å²) in [6, 6.07) is 13.0. The van der Waals surface area contributed by atoms with Crippen molar-refractivity contribution in [1.82, 2.24) is 10.2 Å². The number of carbonyl (C=O) groups excluding carboxylic acids is 2. The van der Waals surface area contributed by atoms with Gasteiger partial charge >= 0.3 is 0 Å². The maximum absolute atomic E-state index is 13.0. The number of halogens is 1. The molecule has 2 aliphatic rings. The van der Waals surface area contributed by atoms with E-state index in [2.05, 4.69) is 15.3 Å². The topological polar surface area (TPSA) is 74.1 Å². The predicted octanol–water partition coefficient (Wildman–Crippen LogP) is 3.24. The molecule has 2 heterocycles. The number of nitrogens with zero attached hydrogens (tertiary/aromatic N) is 3. The van der Waals surface area contributed by atoms with Gasteiger partial charge in [0.15, 0.2) is 5.17 Å². The number of fused-ring (bicyclic) bond motifs is 3. The lowest BCUT2D eigenvalue weighted by atomic mass is 10.1. The molecule has 2 atom stereocenters. The minimum absolute atomic E-state index is 0.153. The summed E-state index contributed by atoms with van der Waals surface area (Å²) in [5.41, 5.74) is 2.34. The molecular formula is C21H19FN4O2S. The molecule has 0 saturated heterocycles. The first-order valence-electron chi connectivity index (χ1n) is 9.22. The molecule has 2 aromatic carbocycles. The van der Waals surface area contributed by atoms with Crippen LogP contribution in [-0.4, -0.2) is 39.0 Å². The van der Waals surface area contributed by atoms with Crippen molar-refractivity contribution < 1.29 is 14.0 Å². The van der Waals surface area contributed by atoms with Crippen molar-refractivity contribution in [2.24, 2.45) is 9.98 Å². The molecule has 0 spiro atoms. The summed E-state index contributed by atoms with van der Waals surface area (Å²) in [5.74, 6) is -0.0881. The lowest BCUT2D eigenvalue weighted by Gasteiger charge is -2.26. The monoisotopic (exact) mass is 410 g/mol. The van der Waals surface area contributed by atoms with Crippen LogP contribution in [0, 0.1) is 5.82 Å². The number of amidine groups is 2. The van der Waals surface area contributed by atoms with E-state index in [1.807, 2.05) is 24.3 Å². The van der Waals surface area contributed by atoms with Gasteiger partial charge in [0.25, 0.3) is 5.91 Å². The molecule has 8 heteroatoms. The molecule has 4 rings (SSSR count). The molecule has 0 saturated carbocycles. The quantitative estimate of drug-likeness (QED) is 0.841. The van der Waals surface area contributed by atoms with Gasteiger partial charge in [-0.3, -0.25) is 14.6 Å². The highest BCUT2D eigenvalue weighted by Crippen LogP contribution is 2.34. The Morgan fingerprint density at radius 2 is 1.97 bits per heavy atom. The zero-order valence-electron chi connectivity index (χ0n) is 15.9. The van der Waals surface area contributed by atoms with E-state index in [-0.39, 0.29) is 17.6 Å². The van der Waals surface area contributed by atoms with Crippen molar-refractivity contribution >= 4 is 40.3 Å². The van der Waals surface area contributed by atoms with Gasteiger partial charge in [-0.05, 0) is 43.7 Å². The van der Waals surface area contributed by atoms with Crippen molar-refractivity contribution in [3.63, 3.8) is 0 Å². The van der Waals surface area contributed by atoms with Crippen molar-refractivity contribution in [3.05, 3.63) is 65.5 Å². The minimum Gasteiger partial charge on any atom is -0.351 e. The van der Waals surface area contributed by atoms with E-state index >= 15 is 0 Å². The second-order valence-corrected chi connectivity index (χ2v) is 8.13. The van der Waals surface area contributed by atoms with Crippen LogP contribution in [0.1, 0.15) is 25.0 Å². The molecule has 1 N–H and O–H groups in total. The standard InChI is InChI=1S/C21H19FN4O2S/c1-12-20(28)26-18(24-12)16-5-3-4-6-17(16)25-21(26)29-13(2)19(27)23-11-14-7-9-15(22)10-8-14/h3-10,12-13H,11H2,1-2H3,(H,23,27)/t12-,13-/m0/s1. The SMILES string of the molecule is C[C@@H]1N=C2c3ccccc3N=C(S[C@@H](C)C(=O)NCc3ccc(F)cc3)N2C1=O. The molecule has 148 valence electrons. The molecule has 6 nitrogen and oxygen atoms in total. The van der Waals surface area contributed by atoms with Crippen LogP contribution >= 0.6 is 11.8 Å². The highest BCUT2D eigenvalue weighted by atomic mass is 32.2. The number of para-hydroxylation sites is 1. The number of thioether (sulfide) groups is 1. The predicted molar refractivity (Wildman–Crippen MR) is 112 cm³/mol. The fraction of sp³-hybridized carbons (Fsp3) is 0.238. The Bertz CT molecular complexity index is 1040. The number of carbonyl (C=O) groups is 2. The third kappa shape index (κ3) is 3.80. The van der Waals surface area contributed by atoms with Crippen LogP contribution in [0.2, 0.25) is 0 Å². The molecule has 2 aliphatic heterocycles. The van der Waals surface area contributed by atoms with Gasteiger partial charge in [-0.15, -0.1) is 0 Å². The van der Waals surface area contributed by atoms with E-state index in [1.165, 1.54) is 28.8 Å². The molecule has 2 aromatic rings. The van der Waals surface area contributed by atoms with E-state index < -0.39 is 11.3 Å². The highest BCUT2D eigenvalue weighted by molar-refractivity contribution is 8.15. The molecule has 29 heavy (non-hydrogen) atoms. The first-order valence-corrected chi connectivity index (χ1v) is 10.1. The van der Waals surface area contributed by atoms with Gasteiger partial charge in [-0.1, -0.05) is 36.0 Å². The molecule has 0 radical (unpaired) electrons. The van der Waals surface area contributed by atoms with Crippen LogP contribution in [0.4, 0.5) is 10.1 Å². The minimum atomic E-state index is -0.482. The Morgan fingerprint density at radius 1 is 1.24 bits per heavy atom. The van der Waals surface area contributed by atoms with Gasteiger partial charge in [0, 0.05) is 12.1 Å². The smallest absolute Gasteiger partial charge is 0.258 e. The summed E-state index contributed by atoms with van der Waals surface area (Å²) in [6.45, 7) is 3.80. The summed E-state index contributed by atoms with van der Waals surface area (Å²) in [6.07, 6.45) is 0. The van der Waals surface area contributed by atoms with Crippen LogP contribution < -0.4 is 5.32 Å². The van der Waals surface area contributed by atoms with Gasteiger partial charge in [0.1, 0.15) is 17.7 Å². The van der Waals surface area contributed by atoms with E-state index in [9.17, 15) is 14.0 Å². The van der Waals surface area contributed by atoms with Gasteiger partial charge < -0.3 is 5.32 Å². The van der Waals surface area contributed by atoms with Gasteiger partial charge in [0.05, 0.1) is 10.9 Å². The second-order valence-electron chi connectivity index (χ2n) is 6.82. The zero-order valence-corrected chi connectivity index (χ0v) is 16.7. The van der Waals surface area contributed by atoms with Gasteiger partial charge in [-0.25, -0.2) is 14.3 Å². The third-order valence-corrected chi connectivity index (χ3v) is 5.74. The maximum atomic E-state index is 13.0. The van der Waals surface area contributed by atoms with Crippen LogP contribution in [0.25, 0.3) is 0 Å². The first-order chi connectivity index (χ1) is 13.9. The number of rotatable bonds is 4. The first kappa shape index (κ1) is 19.3. The van der Waals surface area contributed by atoms with E-state index in [4.69, 9.17) is 0 Å². The fourth-order valence-electron chi connectivity index (χ4n) is 3.10. The number of hydrogen-bond acceptors (Lipinski definition) is 5. The van der Waals surface area contributed by atoms with Crippen molar-refractivity contribution in [2.45, 2.75) is 31.7 Å². The number of benzene rings is 2. The Kier molecular flexibility index (Phi) is 5.19. The Hall–Kier alpha value is -3.00. The third-order valence-electron chi connectivity index (χ3n) is 4.69. The van der Waals surface area contributed by atoms with Crippen LogP contribution in [0.5, 0.6) is 0 Å². The average molecular weight is 410 g/mol. The lowest BCUT2D eigenvalue weighted by molar-refractivity contribution is -0.124. The summed E-state index contributed by atoms with van der Waals surface area (Å²) >= 11 is 1.21. The Morgan fingerprint density at radius 3 is 2.72 bits per heavy atom. The van der Waals surface area contributed by atoms with E-state index in [1.54, 1.807) is 26.0 Å². The van der Waals surface area contributed by atoms with E-state index in [0.717, 1.165) is 16.8 Å². The molecule has 0 fully saturated rings. The van der Waals surface area contributed by atoms with Crippen molar-refractivity contribution in [2.75, 3.05) is 0 Å². The molecule has 0 bridgehead atoms. The zero-order chi connectivity index (χ0) is 20.5. The molecular weight excluding hydrogens is 391 g/mol. The van der Waals surface area contributed by atoms with Crippen LogP contribution in [0.15, 0.2) is 58.5 Å². The van der Waals surface area contributed by atoms with Crippen LogP contribution in [0.3, 0.4) is 0 Å². The number of aliphatic imine (C=N–C) groups is 2.